The zero-order valence-corrected chi connectivity index (χ0v) is 10.3. The number of nitrogens with two attached hydrogens (primary N) is 2. The van der Waals surface area contributed by atoms with Gasteiger partial charge in [0.1, 0.15) is 11.6 Å². The third kappa shape index (κ3) is 4.28. The molecule has 0 heterocycles. The maximum Gasteiger partial charge on any atom is 0.404 e. The molecule has 0 aliphatic carbocycles. The van der Waals surface area contributed by atoms with Crippen molar-refractivity contribution in [3.8, 4) is 0 Å². The van der Waals surface area contributed by atoms with Gasteiger partial charge in [-0.3, -0.25) is 0 Å². The Morgan fingerprint density at radius 2 is 2.18 bits per heavy atom. The fourth-order valence-corrected chi connectivity index (χ4v) is 1.52. The van der Waals surface area contributed by atoms with Crippen LogP contribution < -0.4 is 16.8 Å². The molecule has 0 bridgehead atoms. The predicted octanol–water partition coefficient (Wildman–Crippen LogP) is 1.14. The summed E-state index contributed by atoms with van der Waals surface area (Å²) in [7, 11) is 0. The Morgan fingerprint density at radius 1 is 1.47 bits per heavy atom. The van der Waals surface area contributed by atoms with Crippen LogP contribution in [0.2, 0.25) is 0 Å². The van der Waals surface area contributed by atoms with Gasteiger partial charge in [0.15, 0.2) is 0 Å². The first kappa shape index (κ1) is 13.2. The summed E-state index contributed by atoms with van der Waals surface area (Å²) >= 11 is 4.96. The van der Waals surface area contributed by atoms with Crippen LogP contribution in [0.4, 0.5) is 10.5 Å². The maximum atomic E-state index is 10.4. The Hall–Kier alpha value is -1.82. The van der Waals surface area contributed by atoms with Crippen LogP contribution in [-0.2, 0) is 4.74 Å². The van der Waals surface area contributed by atoms with Crippen LogP contribution in [0.15, 0.2) is 18.2 Å². The van der Waals surface area contributed by atoms with E-state index < -0.39 is 6.09 Å². The van der Waals surface area contributed by atoms with E-state index in [0.29, 0.717) is 11.5 Å². The maximum absolute atomic E-state index is 10.4. The average Bonchev–Trinajstić information content (AvgIpc) is 2.25. The van der Waals surface area contributed by atoms with Crippen molar-refractivity contribution >= 4 is 29.0 Å². The molecule has 0 spiro atoms. The summed E-state index contributed by atoms with van der Waals surface area (Å²) in [5.74, 6) is 0. The highest BCUT2D eigenvalue weighted by Crippen LogP contribution is 2.16. The summed E-state index contributed by atoms with van der Waals surface area (Å²) in [6.45, 7) is 2.60. The number of thiocarbonyl (C=S) groups is 1. The number of aryl methyl sites for hydroxylation is 1. The standard InChI is InChI=1S/C11H15N3O2S/c1-7-2-3-9(8(6-7)10(12)17)14-4-5-16-11(13)15/h2-3,6,14H,4-5H2,1H3,(H2,12,17)(H2,13,15). The monoisotopic (exact) mass is 253 g/mol. The molecule has 5 nitrogen and oxygen atoms in total. The number of hydrogen-bond donors (Lipinski definition) is 3. The van der Waals surface area contributed by atoms with Crippen LogP contribution in [0.3, 0.4) is 0 Å². The fraction of sp³-hybridized carbons (Fsp3) is 0.273. The van der Waals surface area contributed by atoms with Crippen LogP contribution in [0.1, 0.15) is 11.1 Å². The first-order chi connectivity index (χ1) is 8.00. The lowest BCUT2D eigenvalue weighted by Crippen LogP contribution is -2.20. The zero-order chi connectivity index (χ0) is 12.8. The first-order valence-corrected chi connectivity index (χ1v) is 5.48. The second kappa shape index (κ2) is 6.05. The second-order valence-electron chi connectivity index (χ2n) is 3.51. The van der Waals surface area contributed by atoms with Gasteiger partial charge in [-0.05, 0) is 19.1 Å². The molecule has 1 aromatic rings. The van der Waals surface area contributed by atoms with Gasteiger partial charge in [0.2, 0.25) is 0 Å². The van der Waals surface area contributed by atoms with Gasteiger partial charge in [-0.25, -0.2) is 4.79 Å². The third-order valence-corrected chi connectivity index (χ3v) is 2.32. The molecule has 6 heteroatoms. The zero-order valence-electron chi connectivity index (χ0n) is 9.53. The van der Waals surface area contributed by atoms with Crippen LogP contribution in [-0.4, -0.2) is 24.2 Å². The molecule has 1 amide bonds. The van der Waals surface area contributed by atoms with Crippen molar-refractivity contribution in [1.29, 1.82) is 0 Å². The third-order valence-electron chi connectivity index (χ3n) is 2.10. The largest absolute Gasteiger partial charge is 0.448 e. The van der Waals surface area contributed by atoms with Gasteiger partial charge >= 0.3 is 6.09 Å². The number of ether oxygens (including phenoxy) is 1. The molecule has 0 fully saturated rings. The number of amides is 1. The lowest BCUT2D eigenvalue weighted by atomic mass is 10.1. The smallest absolute Gasteiger partial charge is 0.404 e. The summed E-state index contributed by atoms with van der Waals surface area (Å²) in [5.41, 5.74) is 13.1. The van der Waals surface area contributed by atoms with Crippen molar-refractivity contribution in [2.75, 3.05) is 18.5 Å². The van der Waals surface area contributed by atoms with Crippen molar-refractivity contribution in [3.05, 3.63) is 29.3 Å². The molecule has 0 aliphatic heterocycles. The Morgan fingerprint density at radius 3 is 2.76 bits per heavy atom. The van der Waals surface area contributed by atoms with E-state index in [1.54, 1.807) is 0 Å². The van der Waals surface area contributed by atoms with E-state index in [0.717, 1.165) is 16.8 Å². The second-order valence-corrected chi connectivity index (χ2v) is 3.95. The molecule has 92 valence electrons. The van der Waals surface area contributed by atoms with Gasteiger partial charge in [0.25, 0.3) is 0 Å². The lowest BCUT2D eigenvalue weighted by Gasteiger charge is -2.11. The molecule has 0 saturated carbocycles. The van der Waals surface area contributed by atoms with Crippen molar-refractivity contribution < 1.29 is 9.53 Å². The summed E-state index contributed by atoms with van der Waals surface area (Å²) in [6, 6.07) is 5.73. The molecule has 0 aromatic heterocycles. The Kier molecular flexibility index (Phi) is 4.71. The highest BCUT2D eigenvalue weighted by atomic mass is 32.1. The van der Waals surface area contributed by atoms with Crippen molar-refractivity contribution in [2.24, 2.45) is 11.5 Å². The van der Waals surface area contributed by atoms with Gasteiger partial charge in [-0.2, -0.15) is 0 Å². The Labute approximate surface area is 105 Å². The lowest BCUT2D eigenvalue weighted by molar-refractivity contribution is 0.161. The summed E-state index contributed by atoms with van der Waals surface area (Å²) < 4.78 is 4.60. The number of nitrogens with one attached hydrogen (secondary N) is 1. The number of hydrogen-bond acceptors (Lipinski definition) is 4. The number of anilines is 1. The molecule has 0 radical (unpaired) electrons. The van der Waals surface area contributed by atoms with Crippen LogP contribution in [0.5, 0.6) is 0 Å². The van der Waals surface area contributed by atoms with Crippen LogP contribution in [0, 0.1) is 6.92 Å². The highest BCUT2D eigenvalue weighted by molar-refractivity contribution is 7.80. The number of carbonyl (C=O) groups excluding carboxylic acids is 1. The van der Waals surface area contributed by atoms with E-state index in [9.17, 15) is 4.79 Å². The summed E-state index contributed by atoms with van der Waals surface area (Å²) in [6.07, 6.45) is -0.787. The van der Waals surface area contributed by atoms with Crippen molar-refractivity contribution in [1.82, 2.24) is 0 Å². The SMILES string of the molecule is Cc1ccc(NCCOC(N)=O)c(C(N)=S)c1. The number of primary amides is 1. The molecular formula is C11H15N3O2S. The van der Waals surface area contributed by atoms with Gasteiger partial charge in [-0.1, -0.05) is 23.8 Å². The number of rotatable bonds is 5. The predicted molar refractivity (Wildman–Crippen MR) is 71.1 cm³/mol. The summed E-state index contributed by atoms with van der Waals surface area (Å²) in [5, 5.41) is 3.08. The molecule has 1 rings (SSSR count). The molecule has 0 aliphatic rings. The molecule has 17 heavy (non-hydrogen) atoms. The van der Waals surface area contributed by atoms with E-state index in [-0.39, 0.29) is 6.61 Å². The Balaban J connectivity index is 2.64. The molecule has 0 unspecified atom stereocenters. The van der Waals surface area contributed by atoms with E-state index in [2.05, 4.69) is 10.1 Å². The van der Waals surface area contributed by atoms with Crippen LogP contribution in [0.25, 0.3) is 0 Å². The van der Waals surface area contributed by atoms with E-state index in [1.165, 1.54) is 0 Å². The minimum absolute atomic E-state index is 0.194. The van der Waals surface area contributed by atoms with Crippen molar-refractivity contribution in [3.63, 3.8) is 0 Å². The van der Waals surface area contributed by atoms with E-state index >= 15 is 0 Å². The quantitative estimate of drug-likeness (QED) is 0.540. The minimum Gasteiger partial charge on any atom is -0.448 e. The normalized spacial score (nSPS) is 9.71. The molecule has 0 atom stereocenters. The fourth-order valence-electron chi connectivity index (χ4n) is 1.35. The molecule has 0 saturated heterocycles. The van der Waals surface area contributed by atoms with Crippen molar-refractivity contribution in [2.45, 2.75) is 6.92 Å². The van der Waals surface area contributed by atoms with Crippen LogP contribution >= 0.6 is 12.2 Å². The van der Waals surface area contributed by atoms with Gasteiger partial charge in [-0.15, -0.1) is 0 Å². The minimum atomic E-state index is -0.787. The molecular weight excluding hydrogens is 238 g/mol. The summed E-state index contributed by atoms with van der Waals surface area (Å²) in [4.78, 5) is 10.7. The van der Waals surface area contributed by atoms with E-state index in [1.807, 2.05) is 25.1 Å². The van der Waals surface area contributed by atoms with Gasteiger partial charge in [0, 0.05) is 17.8 Å². The topological polar surface area (TPSA) is 90.4 Å². The van der Waals surface area contributed by atoms with Gasteiger partial charge in [0.05, 0.1) is 0 Å². The van der Waals surface area contributed by atoms with E-state index in [4.69, 9.17) is 23.7 Å². The molecule has 5 N–H and O–H groups in total. The number of carbonyl (C=O) groups is 1. The first-order valence-electron chi connectivity index (χ1n) is 5.07. The molecule has 1 aromatic carbocycles. The van der Waals surface area contributed by atoms with Gasteiger partial charge < -0.3 is 21.5 Å². The Bertz CT molecular complexity index is 435. The number of benzene rings is 1. The average molecular weight is 253 g/mol. The highest BCUT2D eigenvalue weighted by Gasteiger charge is 2.05.